The predicted molar refractivity (Wildman–Crippen MR) is 83.0 cm³/mol. The Kier molecular flexibility index (Phi) is 4.32. The first-order valence-corrected chi connectivity index (χ1v) is 7.36. The number of imidazole rings is 1. The molecule has 1 aromatic carbocycles. The summed E-state index contributed by atoms with van der Waals surface area (Å²) in [5.41, 5.74) is 0. The number of rotatable bonds is 5. The molecule has 1 amide bonds. The number of hydrogen-bond acceptors (Lipinski definition) is 6. The predicted octanol–water partition coefficient (Wildman–Crippen LogP) is 1.06. The molecule has 0 fully saturated rings. The molecule has 0 aliphatic carbocycles. The Hall–Kier alpha value is -3.10. The highest BCUT2D eigenvalue weighted by Crippen LogP contribution is 2.30. The number of fused-ring (bicyclic) bond motifs is 1. The lowest BCUT2D eigenvalue weighted by Crippen LogP contribution is -2.41. The second-order valence-corrected chi connectivity index (χ2v) is 5.31. The number of aryl methyl sites for hydroxylation is 1. The van der Waals surface area contributed by atoms with Gasteiger partial charge in [0, 0.05) is 6.92 Å². The normalized spacial score (nSPS) is 15.8. The van der Waals surface area contributed by atoms with Crippen molar-refractivity contribution in [3.8, 4) is 11.5 Å². The Bertz CT molecular complexity index is 773. The summed E-state index contributed by atoms with van der Waals surface area (Å²) in [6, 6.07) is 7.29. The lowest BCUT2D eigenvalue weighted by atomic mass is 10.2. The molecule has 9 nitrogen and oxygen atoms in total. The van der Waals surface area contributed by atoms with Crippen LogP contribution in [0.15, 0.2) is 30.5 Å². The summed E-state index contributed by atoms with van der Waals surface area (Å²) in [5, 5.41) is 13.6. The minimum Gasteiger partial charge on any atom is -0.486 e. The van der Waals surface area contributed by atoms with E-state index >= 15 is 0 Å². The molecule has 3 rings (SSSR count). The van der Waals surface area contributed by atoms with Gasteiger partial charge in [0.25, 0.3) is 5.91 Å². The van der Waals surface area contributed by atoms with Crippen molar-refractivity contribution in [3.05, 3.63) is 46.4 Å². The van der Waals surface area contributed by atoms with Gasteiger partial charge < -0.3 is 24.9 Å². The number of benzene rings is 1. The fourth-order valence-corrected chi connectivity index (χ4v) is 2.39. The molecule has 9 heteroatoms. The van der Waals surface area contributed by atoms with E-state index in [0.717, 1.165) is 6.20 Å². The standard InChI is InChI=1S/C15H16N4O5/c1-10-16-7-15(19(21)22)18(10)8-14(20)17-6-11-9-23-12-4-2-3-5-13(12)24-11/h2-5,7,11H,6,8-9H2,1H3,(H,17,20). The maximum atomic E-state index is 12.0. The van der Waals surface area contributed by atoms with Crippen LogP contribution in [0.25, 0.3) is 0 Å². The van der Waals surface area contributed by atoms with Gasteiger partial charge in [-0.15, -0.1) is 0 Å². The summed E-state index contributed by atoms with van der Waals surface area (Å²) in [4.78, 5) is 26.3. The van der Waals surface area contributed by atoms with Crippen LogP contribution in [0.1, 0.15) is 5.82 Å². The number of nitrogens with one attached hydrogen (secondary N) is 1. The van der Waals surface area contributed by atoms with Gasteiger partial charge in [0.15, 0.2) is 23.9 Å². The molecule has 1 aromatic heterocycles. The maximum Gasteiger partial charge on any atom is 0.343 e. The first kappa shape index (κ1) is 15.8. The molecule has 2 aromatic rings. The minimum atomic E-state index is -0.567. The van der Waals surface area contributed by atoms with Gasteiger partial charge in [0.05, 0.1) is 6.54 Å². The number of amides is 1. The van der Waals surface area contributed by atoms with E-state index in [0.29, 0.717) is 23.9 Å². The van der Waals surface area contributed by atoms with Gasteiger partial charge in [-0.25, -0.2) is 9.55 Å². The zero-order valence-electron chi connectivity index (χ0n) is 13.0. The van der Waals surface area contributed by atoms with E-state index < -0.39 is 4.92 Å². The number of para-hydroxylation sites is 2. The summed E-state index contributed by atoms with van der Waals surface area (Å²) in [7, 11) is 0. The molecule has 0 spiro atoms. The smallest absolute Gasteiger partial charge is 0.343 e. The van der Waals surface area contributed by atoms with E-state index in [4.69, 9.17) is 9.47 Å². The number of carbonyl (C=O) groups excluding carboxylic acids is 1. The molecule has 1 unspecified atom stereocenters. The van der Waals surface area contributed by atoms with Crippen LogP contribution in [0.5, 0.6) is 11.5 Å². The Labute approximate surface area is 137 Å². The van der Waals surface area contributed by atoms with Crippen LogP contribution in [0.3, 0.4) is 0 Å². The minimum absolute atomic E-state index is 0.174. The van der Waals surface area contributed by atoms with E-state index in [-0.39, 0.29) is 30.9 Å². The third kappa shape index (κ3) is 3.29. The summed E-state index contributed by atoms with van der Waals surface area (Å²) in [5.74, 6) is 1.13. The Morgan fingerprint density at radius 3 is 2.96 bits per heavy atom. The van der Waals surface area contributed by atoms with Crippen molar-refractivity contribution in [2.24, 2.45) is 0 Å². The van der Waals surface area contributed by atoms with E-state index in [2.05, 4.69) is 10.3 Å². The maximum absolute atomic E-state index is 12.0. The monoisotopic (exact) mass is 332 g/mol. The molecule has 0 bridgehead atoms. The Morgan fingerprint density at radius 2 is 2.21 bits per heavy atom. The molecule has 24 heavy (non-hydrogen) atoms. The highest BCUT2D eigenvalue weighted by Gasteiger charge is 2.23. The number of carbonyl (C=O) groups is 1. The number of nitro groups is 1. The van der Waals surface area contributed by atoms with E-state index in [1.807, 2.05) is 18.2 Å². The summed E-state index contributed by atoms with van der Waals surface area (Å²) in [6.45, 7) is 2.00. The molecular formula is C15H16N4O5. The molecule has 1 atom stereocenters. The van der Waals surface area contributed by atoms with Crippen LogP contribution in [0.4, 0.5) is 5.82 Å². The van der Waals surface area contributed by atoms with Gasteiger partial charge in [-0.2, -0.15) is 0 Å². The molecule has 2 heterocycles. The van der Waals surface area contributed by atoms with Crippen LogP contribution in [-0.4, -0.2) is 39.6 Å². The van der Waals surface area contributed by atoms with Crippen LogP contribution < -0.4 is 14.8 Å². The second-order valence-electron chi connectivity index (χ2n) is 5.31. The fourth-order valence-electron chi connectivity index (χ4n) is 2.39. The van der Waals surface area contributed by atoms with Crippen molar-refractivity contribution in [1.29, 1.82) is 0 Å². The average molecular weight is 332 g/mol. The van der Waals surface area contributed by atoms with Crippen molar-refractivity contribution in [2.75, 3.05) is 13.2 Å². The Balaban J connectivity index is 1.56. The van der Waals surface area contributed by atoms with Crippen molar-refractivity contribution < 1.29 is 19.2 Å². The van der Waals surface area contributed by atoms with Crippen molar-refractivity contribution >= 4 is 11.7 Å². The number of aromatic nitrogens is 2. The molecule has 1 aliphatic rings. The molecule has 1 aliphatic heterocycles. The topological polar surface area (TPSA) is 109 Å². The van der Waals surface area contributed by atoms with Crippen molar-refractivity contribution in [1.82, 2.24) is 14.9 Å². The van der Waals surface area contributed by atoms with Gasteiger partial charge in [0.1, 0.15) is 18.9 Å². The van der Waals surface area contributed by atoms with Gasteiger partial charge >= 0.3 is 5.82 Å². The van der Waals surface area contributed by atoms with Crippen LogP contribution >= 0.6 is 0 Å². The lowest BCUT2D eigenvalue weighted by Gasteiger charge is -2.26. The summed E-state index contributed by atoms with van der Waals surface area (Å²) < 4.78 is 12.6. The van der Waals surface area contributed by atoms with Crippen LogP contribution in [0, 0.1) is 17.0 Å². The number of ether oxygens (including phenoxy) is 2. The quantitative estimate of drug-likeness (QED) is 0.648. The van der Waals surface area contributed by atoms with Crippen LogP contribution in [-0.2, 0) is 11.3 Å². The van der Waals surface area contributed by atoms with Gasteiger partial charge in [-0.05, 0) is 17.1 Å². The molecule has 0 radical (unpaired) electrons. The molecule has 1 N–H and O–H groups in total. The zero-order chi connectivity index (χ0) is 17.1. The second kappa shape index (κ2) is 6.57. The zero-order valence-corrected chi connectivity index (χ0v) is 13.0. The number of nitrogens with zero attached hydrogens (tertiary/aromatic N) is 3. The van der Waals surface area contributed by atoms with Gasteiger partial charge in [-0.3, -0.25) is 4.79 Å². The van der Waals surface area contributed by atoms with E-state index in [1.165, 1.54) is 4.57 Å². The molecule has 126 valence electrons. The first-order chi connectivity index (χ1) is 11.5. The van der Waals surface area contributed by atoms with E-state index in [9.17, 15) is 14.9 Å². The molecular weight excluding hydrogens is 316 g/mol. The number of hydrogen-bond donors (Lipinski definition) is 1. The lowest BCUT2D eigenvalue weighted by molar-refractivity contribution is -0.392. The van der Waals surface area contributed by atoms with E-state index in [1.54, 1.807) is 13.0 Å². The van der Waals surface area contributed by atoms with Gasteiger partial charge in [-0.1, -0.05) is 12.1 Å². The Morgan fingerprint density at radius 1 is 1.46 bits per heavy atom. The van der Waals surface area contributed by atoms with Crippen molar-refractivity contribution in [3.63, 3.8) is 0 Å². The summed E-state index contributed by atoms with van der Waals surface area (Å²) >= 11 is 0. The van der Waals surface area contributed by atoms with Crippen LogP contribution in [0.2, 0.25) is 0 Å². The molecule has 0 saturated carbocycles. The average Bonchev–Trinajstić information content (AvgIpc) is 2.94. The third-order valence-electron chi connectivity index (χ3n) is 3.62. The van der Waals surface area contributed by atoms with Gasteiger partial charge in [0.2, 0.25) is 0 Å². The first-order valence-electron chi connectivity index (χ1n) is 7.36. The van der Waals surface area contributed by atoms with Crippen molar-refractivity contribution in [2.45, 2.75) is 19.6 Å². The summed E-state index contributed by atoms with van der Waals surface area (Å²) in [6.07, 6.45) is 0.820. The molecule has 0 saturated heterocycles. The fraction of sp³-hybridized carbons (Fsp3) is 0.333. The highest BCUT2D eigenvalue weighted by molar-refractivity contribution is 5.76. The largest absolute Gasteiger partial charge is 0.486 e. The highest BCUT2D eigenvalue weighted by atomic mass is 16.6. The third-order valence-corrected chi connectivity index (χ3v) is 3.62. The SMILES string of the molecule is Cc1ncc([N+](=O)[O-])n1CC(=O)NCC1COc2ccccc2O1.